The van der Waals surface area contributed by atoms with E-state index >= 15 is 0 Å². The Balaban J connectivity index is 1.97. The largest absolute Gasteiger partial charge is 0.346 e. The smallest absolute Gasteiger partial charge is 0.198 e. The number of carbonyl (C=O) groups excluding carboxylic acids is 1. The zero-order valence-corrected chi connectivity index (χ0v) is 15.3. The Labute approximate surface area is 153 Å². The lowest BCUT2D eigenvalue weighted by molar-refractivity contribution is 0.0973. The molecule has 0 aliphatic rings. The predicted molar refractivity (Wildman–Crippen MR) is 99.6 cm³/mol. The number of benzene rings is 1. The molecule has 0 aliphatic carbocycles. The van der Waals surface area contributed by atoms with Crippen molar-refractivity contribution in [2.45, 2.75) is 26.4 Å². The summed E-state index contributed by atoms with van der Waals surface area (Å²) in [5.41, 5.74) is 2.08. The molecule has 2 heterocycles. The number of ketones is 1. The standard InChI is InChI=1S/C19H16BrN3O2/c1-13-9-22(11-16(20)19(13)25)12-18(24)15-10-23(8-4-7-21)17-6-3-2-5-14(15)17/h2-3,5-6,9-11H,4,8,12H2,1H3. The molecule has 25 heavy (non-hydrogen) atoms. The normalized spacial score (nSPS) is 10.8. The van der Waals surface area contributed by atoms with Crippen molar-refractivity contribution in [2.24, 2.45) is 0 Å². The van der Waals surface area contributed by atoms with E-state index in [1.165, 1.54) is 0 Å². The highest BCUT2D eigenvalue weighted by molar-refractivity contribution is 9.10. The van der Waals surface area contributed by atoms with Gasteiger partial charge in [0.05, 0.1) is 23.5 Å². The average Bonchev–Trinajstić information content (AvgIpc) is 2.97. The van der Waals surface area contributed by atoms with Crippen LogP contribution >= 0.6 is 15.9 Å². The zero-order chi connectivity index (χ0) is 18.0. The fourth-order valence-corrected chi connectivity index (χ4v) is 3.48. The number of aromatic nitrogens is 2. The van der Waals surface area contributed by atoms with E-state index in [-0.39, 0.29) is 17.8 Å². The SMILES string of the molecule is Cc1cn(CC(=O)c2cn(CCC#N)c3ccccc23)cc(Br)c1=O. The van der Waals surface area contributed by atoms with Crippen LogP contribution in [0.15, 0.2) is 52.1 Å². The first-order valence-electron chi connectivity index (χ1n) is 7.85. The number of hydrogen-bond acceptors (Lipinski definition) is 3. The van der Waals surface area contributed by atoms with Crippen LogP contribution in [0.2, 0.25) is 0 Å². The molecule has 0 radical (unpaired) electrons. The number of para-hydroxylation sites is 1. The van der Waals surface area contributed by atoms with Gasteiger partial charge in [-0.15, -0.1) is 0 Å². The summed E-state index contributed by atoms with van der Waals surface area (Å²) in [6.07, 6.45) is 5.51. The van der Waals surface area contributed by atoms with Crippen molar-refractivity contribution in [1.29, 1.82) is 5.26 Å². The molecule has 0 saturated carbocycles. The Hall–Kier alpha value is -2.65. The first kappa shape index (κ1) is 17.2. The molecule has 0 aliphatic heterocycles. The minimum atomic E-state index is -0.0724. The van der Waals surface area contributed by atoms with Gasteiger partial charge in [0.1, 0.15) is 0 Å². The second kappa shape index (κ2) is 7.08. The number of Topliss-reactive ketones (excluding diaryl/α,β-unsaturated/α-hetero) is 1. The van der Waals surface area contributed by atoms with E-state index in [9.17, 15) is 9.59 Å². The number of nitrogens with zero attached hydrogens (tertiary/aromatic N) is 3. The van der Waals surface area contributed by atoms with Crippen LogP contribution in [0.4, 0.5) is 0 Å². The number of hydrogen-bond donors (Lipinski definition) is 0. The number of nitriles is 1. The summed E-state index contributed by atoms with van der Waals surface area (Å²) in [7, 11) is 0. The summed E-state index contributed by atoms with van der Waals surface area (Å²) < 4.78 is 4.10. The summed E-state index contributed by atoms with van der Waals surface area (Å²) >= 11 is 3.24. The van der Waals surface area contributed by atoms with Crippen LogP contribution in [0.5, 0.6) is 0 Å². The monoisotopic (exact) mass is 397 g/mol. The Kier molecular flexibility index (Phi) is 4.86. The number of fused-ring (bicyclic) bond motifs is 1. The fourth-order valence-electron chi connectivity index (χ4n) is 2.90. The van der Waals surface area contributed by atoms with Crippen LogP contribution in [0.3, 0.4) is 0 Å². The molecule has 3 rings (SSSR count). The van der Waals surface area contributed by atoms with E-state index < -0.39 is 0 Å². The molecule has 0 saturated heterocycles. The van der Waals surface area contributed by atoms with Crippen LogP contribution in [-0.4, -0.2) is 14.9 Å². The van der Waals surface area contributed by atoms with E-state index in [0.29, 0.717) is 28.6 Å². The second-order valence-electron chi connectivity index (χ2n) is 5.88. The van der Waals surface area contributed by atoms with Crippen LogP contribution in [0.25, 0.3) is 10.9 Å². The van der Waals surface area contributed by atoms with Crippen LogP contribution in [-0.2, 0) is 13.1 Å². The van der Waals surface area contributed by atoms with Crippen LogP contribution in [0, 0.1) is 18.3 Å². The van der Waals surface area contributed by atoms with Gasteiger partial charge in [0.15, 0.2) is 11.2 Å². The van der Waals surface area contributed by atoms with Gasteiger partial charge in [-0.3, -0.25) is 9.59 Å². The topological polar surface area (TPSA) is 67.8 Å². The average molecular weight is 398 g/mol. The first-order chi connectivity index (χ1) is 12.0. The highest BCUT2D eigenvalue weighted by Gasteiger charge is 2.15. The molecule has 1 aromatic carbocycles. The van der Waals surface area contributed by atoms with Crippen molar-refractivity contribution < 1.29 is 4.79 Å². The first-order valence-corrected chi connectivity index (χ1v) is 8.64. The summed E-state index contributed by atoms with van der Waals surface area (Å²) in [6.45, 7) is 2.42. The summed E-state index contributed by atoms with van der Waals surface area (Å²) in [6, 6.07) is 9.81. The molecule has 0 N–H and O–H groups in total. The third kappa shape index (κ3) is 3.42. The van der Waals surface area contributed by atoms with Gasteiger partial charge in [0.2, 0.25) is 0 Å². The Morgan fingerprint density at radius 1 is 1.24 bits per heavy atom. The van der Waals surface area contributed by atoms with Crippen LogP contribution < -0.4 is 5.43 Å². The highest BCUT2D eigenvalue weighted by Crippen LogP contribution is 2.22. The minimum Gasteiger partial charge on any atom is -0.346 e. The van der Waals surface area contributed by atoms with Crippen molar-refractivity contribution in [3.8, 4) is 6.07 Å². The van der Waals surface area contributed by atoms with Crippen molar-refractivity contribution in [3.63, 3.8) is 0 Å². The lowest BCUT2D eigenvalue weighted by Crippen LogP contribution is -2.15. The van der Waals surface area contributed by atoms with E-state index in [1.807, 2.05) is 35.0 Å². The molecule has 126 valence electrons. The predicted octanol–water partition coefficient (Wildman–Crippen LogP) is 3.67. The molecular formula is C19H16BrN3O2. The number of pyridine rings is 1. The molecule has 2 aromatic heterocycles. The Morgan fingerprint density at radius 2 is 2.00 bits per heavy atom. The van der Waals surface area contributed by atoms with Crippen molar-refractivity contribution in [1.82, 2.24) is 9.13 Å². The van der Waals surface area contributed by atoms with E-state index in [0.717, 1.165) is 10.9 Å². The lowest BCUT2D eigenvalue weighted by atomic mass is 10.1. The maximum atomic E-state index is 12.8. The number of carbonyl (C=O) groups is 1. The molecule has 6 heteroatoms. The third-order valence-corrected chi connectivity index (χ3v) is 4.66. The quantitative estimate of drug-likeness (QED) is 0.616. The van der Waals surface area contributed by atoms with Gasteiger partial charge in [0, 0.05) is 47.2 Å². The maximum Gasteiger partial charge on any atom is 0.198 e. The molecule has 3 aromatic rings. The molecule has 0 unspecified atom stereocenters. The number of halogens is 1. The van der Waals surface area contributed by atoms with Gasteiger partial charge in [0.25, 0.3) is 0 Å². The van der Waals surface area contributed by atoms with Crippen molar-refractivity contribution in [2.75, 3.05) is 0 Å². The van der Waals surface area contributed by atoms with E-state index in [4.69, 9.17) is 5.26 Å². The van der Waals surface area contributed by atoms with Gasteiger partial charge in [-0.2, -0.15) is 5.26 Å². The molecule has 0 amide bonds. The van der Waals surface area contributed by atoms with Crippen molar-refractivity contribution >= 4 is 32.6 Å². The van der Waals surface area contributed by atoms with E-state index in [2.05, 4.69) is 22.0 Å². The zero-order valence-electron chi connectivity index (χ0n) is 13.7. The second-order valence-corrected chi connectivity index (χ2v) is 6.73. The molecular weight excluding hydrogens is 382 g/mol. The highest BCUT2D eigenvalue weighted by atomic mass is 79.9. The molecule has 5 nitrogen and oxygen atoms in total. The minimum absolute atomic E-state index is 0.0399. The van der Waals surface area contributed by atoms with Crippen LogP contribution in [0.1, 0.15) is 22.3 Å². The summed E-state index contributed by atoms with van der Waals surface area (Å²) in [4.78, 5) is 24.6. The van der Waals surface area contributed by atoms with Crippen molar-refractivity contribution in [3.05, 3.63) is 68.7 Å². The van der Waals surface area contributed by atoms with Gasteiger partial charge >= 0.3 is 0 Å². The molecule has 0 spiro atoms. The van der Waals surface area contributed by atoms with Gasteiger partial charge in [-0.05, 0) is 28.9 Å². The van der Waals surface area contributed by atoms with Gasteiger partial charge < -0.3 is 9.13 Å². The number of rotatable bonds is 5. The summed E-state index contributed by atoms with van der Waals surface area (Å²) in [5, 5.41) is 9.70. The van der Waals surface area contributed by atoms with E-state index in [1.54, 1.807) is 23.9 Å². The molecule has 0 bridgehead atoms. The maximum absolute atomic E-state index is 12.8. The molecule has 0 atom stereocenters. The third-order valence-electron chi connectivity index (χ3n) is 4.09. The Morgan fingerprint density at radius 3 is 2.72 bits per heavy atom. The van der Waals surface area contributed by atoms with Gasteiger partial charge in [-0.1, -0.05) is 18.2 Å². The number of aryl methyl sites for hydroxylation is 2. The Bertz CT molecular complexity index is 1030. The lowest BCUT2D eigenvalue weighted by Gasteiger charge is -2.07. The summed E-state index contributed by atoms with van der Waals surface area (Å²) in [5.74, 6) is -0.0399. The van der Waals surface area contributed by atoms with Gasteiger partial charge in [-0.25, -0.2) is 0 Å². The fraction of sp³-hybridized carbons (Fsp3) is 0.211. The molecule has 0 fully saturated rings.